The van der Waals surface area contributed by atoms with Crippen molar-refractivity contribution in [3.8, 4) is 0 Å². The minimum Gasteiger partial charge on any atom is -0.480 e. The highest BCUT2D eigenvalue weighted by molar-refractivity contribution is 7.58. The predicted molar refractivity (Wildman–Crippen MR) is 130 cm³/mol. The van der Waals surface area contributed by atoms with Crippen molar-refractivity contribution in [1.29, 1.82) is 0 Å². The molecule has 8 nitrogen and oxygen atoms in total. The largest absolute Gasteiger partial charge is 0.480 e. The fourth-order valence-electron chi connectivity index (χ4n) is 5.30. The van der Waals surface area contributed by atoms with Gasteiger partial charge in [0.2, 0.25) is 19.2 Å². The van der Waals surface area contributed by atoms with E-state index in [9.17, 15) is 28.9 Å². The molecule has 2 fully saturated rings. The maximum atomic E-state index is 13.3. The van der Waals surface area contributed by atoms with Crippen LogP contribution >= 0.6 is 7.37 Å². The van der Waals surface area contributed by atoms with Crippen LogP contribution in [0.4, 0.5) is 0 Å². The summed E-state index contributed by atoms with van der Waals surface area (Å²) in [6.07, 6.45) is 6.16. The van der Waals surface area contributed by atoms with Gasteiger partial charge in [-0.05, 0) is 57.4 Å². The monoisotopic (exact) mass is 492 g/mol. The van der Waals surface area contributed by atoms with Crippen LogP contribution in [0.2, 0.25) is 0 Å². The maximum absolute atomic E-state index is 13.3. The number of hydrogen-bond donors (Lipinski definition) is 3. The van der Waals surface area contributed by atoms with Gasteiger partial charge in [0.1, 0.15) is 12.1 Å². The fourth-order valence-corrected chi connectivity index (χ4v) is 7.74. The van der Waals surface area contributed by atoms with Gasteiger partial charge in [0.15, 0.2) is 0 Å². The summed E-state index contributed by atoms with van der Waals surface area (Å²) in [5, 5.41) is 12.1. The van der Waals surface area contributed by atoms with E-state index in [-0.39, 0.29) is 12.1 Å². The number of likely N-dealkylation sites (tertiary alicyclic amines) is 1. The molecule has 3 N–H and O–H groups in total. The lowest BCUT2D eigenvalue weighted by Crippen LogP contribution is -2.52. The van der Waals surface area contributed by atoms with Crippen LogP contribution in [0.3, 0.4) is 0 Å². The molecule has 2 aliphatic rings. The van der Waals surface area contributed by atoms with Crippen molar-refractivity contribution in [3.05, 3.63) is 35.9 Å². The number of carboxylic acid groups (broad SMARTS) is 1. The number of rotatable bonds is 10. The van der Waals surface area contributed by atoms with Crippen molar-refractivity contribution >= 4 is 25.2 Å². The highest BCUT2D eigenvalue weighted by atomic mass is 31.2. The number of benzene rings is 1. The third kappa shape index (κ3) is 6.70. The topological polar surface area (TPSA) is 124 Å². The Bertz CT molecular complexity index is 908. The Kier molecular flexibility index (Phi) is 9.31. The highest BCUT2D eigenvalue weighted by Gasteiger charge is 2.43. The number of unbranched alkanes of at least 4 members (excludes halogenated alkanes) is 1. The van der Waals surface area contributed by atoms with Crippen molar-refractivity contribution in [2.45, 2.75) is 82.5 Å². The number of carbonyl (C=O) groups is 3. The molecule has 1 saturated heterocycles. The zero-order chi connectivity index (χ0) is 24.7. The quantitative estimate of drug-likeness (QED) is 0.340. The second-order valence-corrected chi connectivity index (χ2v) is 12.3. The van der Waals surface area contributed by atoms with E-state index >= 15 is 0 Å². The van der Waals surface area contributed by atoms with Gasteiger partial charge in [-0.3, -0.25) is 14.2 Å². The van der Waals surface area contributed by atoms with Gasteiger partial charge in [-0.2, -0.15) is 0 Å². The van der Waals surface area contributed by atoms with Crippen LogP contribution in [0.25, 0.3) is 0 Å². The van der Waals surface area contributed by atoms with Crippen LogP contribution in [0.15, 0.2) is 30.3 Å². The van der Waals surface area contributed by atoms with Crippen molar-refractivity contribution in [1.82, 2.24) is 10.2 Å². The zero-order valence-electron chi connectivity index (χ0n) is 19.9. The SMILES string of the molecule is C[C@H](NC(=O)[C@@H]1CCCC[C@H]1P(=O)(O)CCCCc1ccccc1)C(=O)N1CCC[C@H]1C(=O)O. The van der Waals surface area contributed by atoms with Gasteiger partial charge in [-0.25, -0.2) is 4.79 Å². The first-order valence-electron chi connectivity index (χ1n) is 12.4. The lowest BCUT2D eigenvalue weighted by molar-refractivity contribution is -0.149. The number of nitrogens with one attached hydrogen (secondary N) is 1. The second kappa shape index (κ2) is 12.0. The van der Waals surface area contributed by atoms with Crippen molar-refractivity contribution < 1.29 is 28.9 Å². The molecule has 34 heavy (non-hydrogen) atoms. The number of carboxylic acids is 1. The van der Waals surface area contributed by atoms with Crippen molar-refractivity contribution in [2.75, 3.05) is 12.7 Å². The first-order valence-corrected chi connectivity index (χ1v) is 14.3. The number of nitrogens with zero attached hydrogens (tertiary/aromatic N) is 1. The summed E-state index contributed by atoms with van der Waals surface area (Å²) in [6, 6.07) is 8.28. The first-order chi connectivity index (χ1) is 16.2. The van der Waals surface area contributed by atoms with Crippen molar-refractivity contribution in [2.24, 2.45) is 5.92 Å². The van der Waals surface area contributed by atoms with Crippen molar-refractivity contribution in [3.63, 3.8) is 0 Å². The normalized spacial score (nSPS) is 25.4. The van der Waals surface area contributed by atoms with Gasteiger partial charge >= 0.3 is 5.97 Å². The molecule has 9 heteroatoms. The Morgan fingerprint density at radius 3 is 2.50 bits per heavy atom. The lowest BCUT2D eigenvalue weighted by Gasteiger charge is -2.34. The summed E-state index contributed by atoms with van der Waals surface area (Å²) in [7, 11) is -3.54. The van der Waals surface area contributed by atoms with E-state index in [1.807, 2.05) is 30.3 Å². The Morgan fingerprint density at radius 1 is 1.09 bits per heavy atom. The Hall–Kier alpha value is -2.18. The van der Waals surface area contributed by atoms with Gasteiger partial charge < -0.3 is 20.2 Å². The molecule has 1 aliphatic heterocycles. The summed E-state index contributed by atoms with van der Waals surface area (Å²) >= 11 is 0. The van der Waals surface area contributed by atoms with E-state index in [0.29, 0.717) is 38.6 Å². The summed E-state index contributed by atoms with van der Waals surface area (Å²) in [5.41, 5.74) is 0.603. The molecule has 1 aliphatic carbocycles. The molecule has 3 rings (SSSR count). The van der Waals surface area contributed by atoms with Crippen LogP contribution in [-0.2, 0) is 25.4 Å². The van der Waals surface area contributed by atoms with Crippen LogP contribution in [0.1, 0.15) is 63.9 Å². The Morgan fingerprint density at radius 2 is 1.79 bits per heavy atom. The zero-order valence-corrected chi connectivity index (χ0v) is 20.8. The highest BCUT2D eigenvalue weighted by Crippen LogP contribution is 2.54. The third-order valence-corrected chi connectivity index (χ3v) is 9.78. The smallest absolute Gasteiger partial charge is 0.326 e. The molecule has 0 aromatic heterocycles. The molecule has 5 atom stereocenters. The van der Waals surface area contributed by atoms with Gasteiger partial charge in [0.25, 0.3) is 0 Å². The van der Waals surface area contributed by atoms with E-state index in [1.165, 1.54) is 10.5 Å². The van der Waals surface area contributed by atoms with Gasteiger partial charge in [0, 0.05) is 24.3 Å². The number of hydrogen-bond acceptors (Lipinski definition) is 4. The molecule has 1 heterocycles. The summed E-state index contributed by atoms with van der Waals surface area (Å²) < 4.78 is 13.3. The molecule has 0 radical (unpaired) electrons. The molecule has 1 aromatic rings. The average molecular weight is 493 g/mol. The molecule has 1 unspecified atom stereocenters. The second-order valence-electron chi connectivity index (χ2n) is 9.64. The van der Waals surface area contributed by atoms with Crippen LogP contribution in [0, 0.1) is 5.92 Å². The molecule has 0 spiro atoms. The molecule has 0 bridgehead atoms. The number of aliphatic carboxylic acids is 1. The molecule has 1 aromatic carbocycles. The molecular weight excluding hydrogens is 455 g/mol. The third-order valence-electron chi connectivity index (χ3n) is 7.17. The Balaban J connectivity index is 1.56. The minimum absolute atomic E-state index is 0.191. The van der Waals surface area contributed by atoms with E-state index in [1.54, 1.807) is 6.92 Å². The van der Waals surface area contributed by atoms with Crippen LogP contribution in [0.5, 0.6) is 0 Å². The van der Waals surface area contributed by atoms with E-state index in [4.69, 9.17) is 0 Å². The minimum atomic E-state index is -3.54. The van der Waals surface area contributed by atoms with Gasteiger partial charge in [-0.15, -0.1) is 0 Å². The number of carbonyl (C=O) groups excluding carboxylic acids is 2. The number of amides is 2. The predicted octanol–water partition coefficient (Wildman–Crippen LogP) is 3.42. The average Bonchev–Trinajstić information content (AvgIpc) is 3.32. The molecule has 188 valence electrons. The molecular formula is C25H37N2O6P. The molecule has 2 amide bonds. The maximum Gasteiger partial charge on any atom is 0.326 e. The number of aryl methyl sites for hydroxylation is 1. The standard InChI is InChI=1S/C25H37N2O6P/c1-18(24(29)27-16-9-14-21(27)25(30)31)26-23(28)20-13-5-6-15-22(20)34(32,33)17-8-7-12-19-10-3-2-4-11-19/h2-4,10-11,18,20-22H,5-9,12-17H2,1H3,(H,26,28)(H,30,31)(H,32,33)/t18-,20+,21-,22+/m0/s1. The van der Waals surface area contributed by atoms with Gasteiger partial charge in [-0.1, -0.05) is 43.2 Å². The lowest BCUT2D eigenvalue weighted by atomic mass is 9.88. The van der Waals surface area contributed by atoms with Gasteiger partial charge in [0.05, 0.1) is 0 Å². The summed E-state index contributed by atoms with van der Waals surface area (Å²) in [6.45, 7) is 1.91. The van der Waals surface area contributed by atoms with Crippen LogP contribution in [-0.4, -0.2) is 63.1 Å². The van der Waals surface area contributed by atoms with E-state index in [2.05, 4.69) is 5.32 Å². The van der Waals surface area contributed by atoms with E-state index < -0.39 is 42.9 Å². The summed E-state index contributed by atoms with van der Waals surface area (Å²) in [4.78, 5) is 49.5. The van der Waals surface area contributed by atoms with E-state index in [0.717, 1.165) is 25.7 Å². The first kappa shape index (κ1) is 26.4. The Labute approximate surface area is 201 Å². The molecule has 1 saturated carbocycles. The fraction of sp³-hybridized carbons (Fsp3) is 0.640. The summed E-state index contributed by atoms with van der Waals surface area (Å²) in [5.74, 6) is -2.44. The van der Waals surface area contributed by atoms with Crippen LogP contribution < -0.4 is 5.32 Å².